The number of fused-ring (bicyclic) bond motifs is 3. The molecule has 7 rings (SSSR count). The van der Waals surface area contributed by atoms with Gasteiger partial charge in [0.15, 0.2) is 22.7 Å². The van der Waals surface area contributed by atoms with Crippen molar-refractivity contribution >= 4 is 33.9 Å². The van der Waals surface area contributed by atoms with Crippen LogP contribution in [0.15, 0.2) is 47.3 Å². The molecule has 37 heavy (non-hydrogen) atoms. The van der Waals surface area contributed by atoms with Crippen molar-refractivity contribution in [2.75, 3.05) is 19.4 Å². The summed E-state index contributed by atoms with van der Waals surface area (Å²) in [6.07, 6.45) is 1.35. The molecule has 2 fully saturated rings. The summed E-state index contributed by atoms with van der Waals surface area (Å²) < 4.78 is 9.06. The lowest BCUT2D eigenvalue weighted by atomic mass is 9.98. The lowest BCUT2D eigenvalue weighted by Crippen LogP contribution is -2.41. The van der Waals surface area contributed by atoms with Crippen LogP contribution in [0.2, 0.25) is 0 Å². The van der Waals surface area contributed by atoms with E-state index in [0.29, 0.717) is 34.9 Å². The highest BCUT2D eigenvalue weighted by molar-refractivity contribution is 5.88. The first-order valence-corrected chi connectivity index (χ1v) is 11.9. The largest absolute Gasteiger partial charge is 0.454 e. The first-order valence-electron chi connectivity index (χ1n) is 11.9. The van der Waals surface area contributed by atoms with E-state index < -0.39 is 23.7 Å². The number of para-hydroxylation sites is 1. The van der Waals surface area contributed by atoms with Crippen LogP contribution in [-0.2, 0) is 4.79 Å². The Bertz CT molecular complexity index is 1660. The minimum Gasteiger partial charge on any atom is -0.454 e. The number of anilines is 1. The fourth-order valence-corrected chi connectivity index (χ4v) is 5.77. The summed E-state index contributed by atoms with van der Waals surface area (Å²) in [5, 5.41) is 36.8. The van der Waals surface area contributed by atoms with Crippen LogP contribution in [0.5, 0.6) is 0 Å². The molecule has 5 aromatic rings. The van der Waals surface area contributed by atoms with E-state index in [9.17, 15) is 15.0 Å². The van der Waals surface area contributed by atoms with Crippen LogP contribution >= 0.6 is 0 Å². The Morgan fingerprint density at radius 3 is 2.84 bits per heavy atom. The topological polar surface area (TPSA) is 169 Å². The maximum absolute atomic E-state index is 12.6. The molecule has 1 amide bonds. The zero-order valence-electron chi connectivity index (χ0n) is 19.9. The Kier molecular flexibility index (Phi) is 4.48. The van der Waals surface area contributed by atoms with Crippen LogP contribution in [-0.4, -0.2) is 76.9 Å². The van der Waals surface area contributed by atoms with Crippen molar-refractivity contribution in [3.05, 3.63) is 42.9 Å². The van der Waals surface area contributed by atoms with E-state index >= 15 is 0 Å². The molecule has 4 aromatic heterocycles. The predicted molar refractivity (Wildman–Crippen MR) is 131 cm³/mol. The number of aliphatic hydroxyl groups excluding tert-OH is 2. The number of carbonyl (C=O) groups excluding carboxylic acids is 1. The Morgan fingerprint density at radius 2 is 2.05 bits per heavy atom. The second-order valence-corrected chi connectivity index (χ2v) is 9.50. The zero-order chi connectivity index (χ0) is 25.5. The summed E-state index contributed by atoms with van der Waals surface area (Å²) in [6, 6.07) is 8.99. The van der Waals surface area contributed by atoms with E-state index in [4.69, 9.17) is 9.40 Å². The summed E-state index contributed by atoms with van der Waals surface area (Å²) in [5.74, 6) is 0.728. The SMILES string of the molecule is CNC(=O)[C@]12CC1[C@@H](n1cnc3c(NC)nc(-n4cc(-c5cc6ccccc6o5)nn4)nc31)C(O)[C@@H]2O. The normalized spacial score (nSPS) is 26.5. The second kappa shape index (κ2) is 7.57. The van der Waals surface area contributed by atoms with Gasteiger partial charge < -0.3 is 29.8 Å². The van der Waals surface area contributed by atoms with Crippen molar-refractivity contribution in [1.29, 1.82) is 0 Å². The molecule has 13 heteroatoms. The van der Waals surface area contributed by atoms with Gasteiger partial charge in [-0.15, -0.1) is 5.10 Å². The Morgan fingerprint density at radius 1 is 1.22 bits per heavy atom. The number of imidazole rings is 1. The van der Waals surface area contributed by atoms with E-state index in [-0.39, 0.29) is 17.8 Å². The molecule has 0 aliphatic heterocycles. The van der Waals surface area contributed by atoms with E-state index in [2.05, 4.69) is 30.9 Å². The molecular formula is C24H23N9O4. The van der Waals surface area contributed by atoms with E-state index in [1.54, 1.807) is 24.1 Å². The number of amides is 1. The summed E-state index contributed by atoms with van der Waals surface area (Å²) in [7, 11) is 3.25. The Hall–Kier alpha value is -4.36. The van der Waals surface area contributed by atoms with Crippen molar-refractivity contribution in [2.24, 2.45) is 11.3 Å². The standard InChI is InChI=1S/C24H23N9O4/c1-25-20-16-21(32(10-27-16)17-12-8-24(12,22(36)26-2)19(35)18(17)34)29-23(28-20)33-9-13(30-31-33)15-7-11-5-3-4-6-14(11)37-15/h3-7,9-10,12,17-19,34-35H,8H2,1-2H3,(H,26,36)(H,25,28,29)/t12?,17-,18?,19+,24-/m1/s1. The number of carbonyl (C=O) groups is 1. The number of nitrogens with one attached hydrogen (secondary N) is 2. The first-order chi connectivity index (χ1) is 18.0. The molecule has 0 radical (unpaired) electrons. The smallest absolute Gasteiger partial charge is 0.256 e. The molecule has 5 atom stereocenters. The molecule has 0 bridgehead atoms. The summed E-state index contributed by atoms with van der Waals surface area (Å²) >= 11 is 0. The molecule has 2 aliphatic carbocycles. The van der Waals surface area contributed by atoms with Crippen LogP contribution in [0, 0.1) is 11.3 Å². The van der Waals surface area contributed by atoms with Crippen LogP contribution in [0.3, 0.4) is 0 Å². The molecular weight excluding hydrogens is 478 g/mol. The first kappa shape index (κ1) is 21.9. The maximum atomic E-state index is 12.6. The molecule has 1 aromatic carbocycles. The van der Waals surface area contributed by atoms with Gasteiger partial charge in [-0.05, 0) is 18.6 Å². The van der Waals surface area contributed by atoms with E-state index in [1.807, 2.05) is 30.3 Å². The van der Waals surface area contributed by atoms with E-state index in [1.165, 1.54) is 11.7 Å². The number of rotatable bonds is 5. The summed E-state index contributed by atoms with van der Waals surface area (Å²) in [5.41, 5.74) is 1.18. The molecule has 4 N–H and O–H groups in total. The highest BCUT2D eigenvalue weighted by Gasteiger charge is 2.75. The van der Waals surface area contributed by atoms with Gasteiger partial charge in [0.2, 0.25) is 5.91 Å². The van der Waals surface area contributed by atoms with Gasteiger partial charge in [0.25, 0.3) is 5.95 Å². The van der Waals surface area contributed by atoms with Crippen molar-refractivity contribution in [3.63, 3.8) is 0 Å². The molecule has 0 spiro atoms. The van der Waals surface area contributed by atoms with Gasteiger partial charge in [-0.2, -0.15) is 14.6 Å². The molecule has 13 nitrogen and oxygen atoms in total. The van der Waals surface area contributed by atoms with Gasteiger partial charge >= 0.3 is 0 Å². The molecule has 4 heterocycles. The lowest BCUT2D eigenvalue weighted by molar-refractivity contribution is -0.132. The van der Waals surface area contributed by atoms with Crippen LogP contribution < -0.4 is 10.6 Å². The molecule has 188 valence electrons. The van der Waals surface area contributed by atoms with Gasteiger partial charge in [-0.3, -0.25) is 4.79 Å². The quantitative estimate of drug-likeness (QED) is 0.271. The Labute approximate surface area is 209 Å². The van der Waals surface area contributed by atoms with E-state index in [0.717, 1.165) is 11.0 Å². The monoisotopic (exact) mass is 501 g/mol. The van der Waals surface area contributed by atoms with Crippen LogP contribution in [0.1, 0.15) is 12.5 Å². The number of hydrogen-bond donors (Lipinski definition) is 4. The fourth-order valence-electron chi connectivity index (χ4n) is 5.77. The third-order valence-corrected chi connectivity index (χ3v) is 7.67. The lowest BCUT2D eigenvalue weighted by Gasteiger charge is -2.23. The number of nitrogens with zero attached hydrogens (tertiary/aromatic N) is 7. The number of hydrogen-bond acceptors (Lipinski definition) is 10. The number of aromatic nitrogens is 7. The molecule has 2 saturated carbocycles. The average molecular weight is 502 g/mol. The van der Waals surface area contributed by atoms with Gasteiger partial charge in [0, 0.05) is 25.4 Å². The van der Waals surface area contributed by atoms with Gasteiger partial charge in [-0.1, -0.05) is 23.4 Å². The number of furan rings is 1. The second-order valence-electron chi connectivity index (χ2n) is 9.50. The molecule has 0 saturated heterocycles. The molecule has 2 aliphatic rings. The minimum atomic E-state index is -1.19. The predicted octanol–water partition coefficient (Wildman–Crippen LogP) is 0.891. The highest BCUT2D eigenvalue weighted by Crippen LogP contribution is 2.67. The molecule has 2 unspecified atom stereocenters. The van der Waals surface area contributed by atoms with Gasteiger partial charge in [0.1, 0.15) is 17.4 Å². The van der Waals surface area contributed by atoms with Crippen LogP contribution in [0.4, 0.5) is 5.82 Å². The van der Waals surface area contributed by atoms with Crippen molar-refractivity contribution in [1.82, 2.24) is 39.8 Å². The highest BCUT2D eigenvalue weighted by atomic mass is 16.3. The zero-order valence-corrected chi connectivity index (χ0v) is 19.9. The number of aliphatic hydroxyl groups is 2. The van der Waals surface area contributed by atoms with Crippen LogP contribution in [0.25, 0.3) is 39.5 Å². The fraction of sp³-hybridized carbons (Fsp3) is 0.333. The maximum Gasteiger partial charge on any atom is 0.256 e. The third-order valence-electron chi connectivity index (χ3n) is 7.67. The Balaban J connectivity index is 1.30. The minimum absolute atomic E-state index is 0.231. The summed E-state index contributed by atoms with van der Waals surface area (Å²) in [6.45, 7) is 0. The van der Waals surface area contributed by atoms with Crippen molar-refractivity contribution in [2.45, 2.75) is 24.7 Å². The third kappa shape index (κ3) is 2.92. The van der Waals surface area contributed by atoms with Crippen molar-refractivity contribution in [3.8, 4) is 17.4 Å². The summed E-state index contributed by atoms with van der Waals surface area (Å²) in [4.78, 5) is 26.3. The van der Waals surface area contributed by atoms with Gasteiger partial charge in [-0.25, -0.2) is 4.98 Å². The average Bonchev–Trinajstić information content (AvgIpc) is 3.33. The van der Waals surface area contributed by atoms with Crippen molar-refractivity contribution < 1.29 is 19.4 Å². The van der Waals surface area contributed by atoms with Gasteiger partial charge in [0.05, 0.1) is 30.1 Å². The number of benzene rings is 1.